The van der Waals surface area contributed by atoms with Crippen molar-refractivity contribution in [1.29, 1.82) is 0 Å². The molecule has 39 heavy (non-hydrogen) atoms. The third-order valence-electron chi connectivity index (χ3n) is 6.81. The van der Waals surface area contributed by atoms with Gasteiger partial charge < -0.3 is 19.4 Å². The monoisotopic (exact) mass is 529 g/mol. The van der Waals surface area contributed by atoms with Gasteiger partial charge in [0.1, 0.15) is 24.1 Å². The average molecular weight is 530 g/mol. The van der Waals surface area contributed by atoms with Crippen LogP contribution in [0.25, 0.3) is 11.6 Å². The Bertz CT molecular complexity index is 1390. The molecule has 0 saturated heterocycles. The Morgan fingerprint density at radius 2 is 1.85 bits per heavy atom. The first-order valence-corrected chi connectivity index (χ1v) is 13.0. The van der Waals surface area contributed by atoms with Crippen LogP contribution < -0.4 is 10.1 Å². The molecule has 202 valence electrons. The number of benzene rings is 1. The molecule has 2 amide bonds. The molecule has 11 nitrogen and oxygen atoms in total. The molecule has 1 aliphatic carbocycles. The highest BCUT2D eigenvalue weighted by Gasteiger charge is 2.33. The van der Waals surface area contributed by atoms with Crippen LogP contribution in [-0.4, -0.2) is 55.1 Å². The van der Waals surface area contributed by atoms with Crippen LogP contribution in [0.3, 0.4) is 0 Å². The van der Waals surface area contributed by atoms with Gasteiger partial charge in [-0.1, -0.05) is 25.0 Å². The minimum Gasteiger partial charge on any atom is -0.497 e. The number of amides is 2. The van der Waals surface area contributed by atoms with Gasteiger partial charge >= 0.3 is 0 Å². The van der Waals surface area contributed by atoms with Crippen LogP contribution in [0.15, 0.2) is 65.3 Å². The predicted octanol–water partition coefficient (Wildman–Crippen LogP) is 3.47. The summed E-state index contributed by atoms with van der Waals surface area (Å²) < 4.78 is 10.9. The van der Waals surface area contributed by atoms with Crippen molar-refractivity contribution >= 4 is 11.8 Å². The Kier molecular flexibility index (Phi) is 7.95. The third-order valence-corrected chi connectivity index (χ3v) is 6.81. The summed E-state index contributed by atoms with van der Waals surface area (Å²) in [5.41, 5.74) is 1.51. The first-order valence-electron chi connectivity index (χ1n) is 13.0. The van der Waals surface area contributed by atoms with Crippen LogP contribution in [0.5, 0.6) is 5.75 Å². The maximum atomic E-state index is 13.9. The summed E-state index contributed by atoms with van der Waals surface area (Å²) in [4.78, 5) is 34.6. The summed E-state index contributed by atoms with van der Waals surface area (Å²) in [5, 5.41) is 15.6. The van der Waals surface area contributed by atoms with Gasteiger partial charge in [0, 0.05) is 25.0 Å². The van der Waals surface area contributed by atoms with E-state index in [9.17, 15) is 9.59 Å². The SMILES string of the molecule is COc1ccc(CN(C(=O)Cn2nnc(-c3ccc(C)o3)n2)[C@@H](C(=O)NC2CCCC2)c2ccncc2)cc1. The minimum absolute atomic E-state index is 0.0936. The van der Waals surface area contributed by atoms with Gasteiger partial charge in [-0.3, -0.25) is 14.6 Å². The van der Waals surface area contributed by atoms with Crippen LogP contribution in [0, 0.1) is 6.92 Å². The molecule has 1 atom stereocenters. The number of hydrogen-bond acceptors (Lipinski definition) is 8. The van der Waals surface area contributed by atoms with Gasteiger partial charge in [0.15, 0.2) is 5.76 Å². The van der Waals surface area contributed by atoms with Gasteiger partial charge in [-0.15, -0.1) is 10.2 Å². The van der Waals surface area contributed by atoms with Gasteiger partial charge in [-0.05, 0) is 72.5 Å². The number of aromatic nitrogens is 5. The normalized spacial score (nSPS) is 14.2. The Morgan fingerprint density at radius 1 is 1.10 bits per heavy atom. The second-order valence-electron chi connectivity index (χ2n) is 9.60. The molecule has 5 rings (SSSR count). The van der Waals surface area contributed by atoms with Crippen molar-refractivity contribution in [3.8, 4) is 17.3 Å². The summed E-state index contributed by atoms with van der Waals surface area (Å²) in [7, 11) is 1.60. The van der Waals surface area contributed by atoms with Gasteiger partial charge in [-0.25, -0.2) is 0 Å². The fraction of sp³-hybridized carbons (Fsp3) is 0.357. The lowest BCUT2D eigenvalue weighted by Gasteiger charge is -2.32. The quantitative estimate of drug-likeness (QED) is 0.331. The van der Waals surface area contributed by atoms with Crippen molar-refractivity contribution in [3.63, 3.8) is 0 Å². The molecule has 1 aliphatic rings. The number of tetrazole rings is 1. The number of rotatable bonds is 10. The molecule has 0 aliphatic heterocycles. The number of hydrogen-bond donors (Lipinski definition) is 1. The smallest absolute Gasteiger partial charge is 0.247 e. The standard InChI is InChI=1S/C28H31N7O4/c1-19-7-12-24(39-19)27-31-33-35(32-27)18-25(36)34(17-20-8-10-23(38-2)11-9-20)26(21-13-15-29-16-14-21)28(37)30-22-5-3-4-6-22/h7-16,22,26H,3-6,17-18H2,1-2H3,(H,30,37)/t26-/m1/s1. The topological polar surface area (TPSA) is 128 Å². The molecule has 0 bridgehead atoms. The summed E-state index contributed by atoms with van der Waals surface area (Å²) in [6, 6.07) is 13.7. The number of pyridine rings is 1. The van der Waals surface area contributed by atoms with Gasteiger partial charge in [0.25, 0.3) is 0 Å². The number of carbonyl (C=O) groups is 2. The number of furan rings is 1. The molecule has 0 unspecified atom stereocenters. The van der Waals surface area contributed by atoms with Gasteiger partial charge in [0.2, 0.25) is 17.6 Å². The Morgan fingerprint density at radius 3 is 2.51 bits per heavy atom. The molecule has 1 fully saturated rings. The van der Waals surface area contributed by atoms with E-state index in [1.807, 2.05) is 31.2 Å². The van der Waals surface area contributed by atoms with Crippen molar-refractivity contribution in [1.82, 2.24) is 35.4 Å². The maximum absolute atomic E-state index is 13.9. The first-order chi connectivity index (χ1) is 19.0. The van der Waals surface area contributed by atoms with Crippen molar-refractivity contribution < 1.29 is 18.7 Å². The molecular formula is C28H31N7O4. The Balaban J connectivity index is 1.45. The van der Waals surface area contributed by atoms with Crippen molar-refractivity contribution in [2.24, 2.45) is 0 Å². The van der Waals surface area contributed by atoms with Crippen LogP contribution in [-0.2, 0) is 22.7 Å². The van der Waals surface area contributed by atoms with Crippen LogP contribution in [0.2, 0.25) is 0 Å². The van der Waals surface area contributed by atoms with E-state index >= 15 is 0 Å². The number of aryl methyl sites for hydroxylation is 1. The fourth-order valence-corrected chi connectivity index (χ4v) is 4.80. The number of nitrogens with zero attached hydrogens (tertiary/aromatic N) is 6. The molecule has 3 aromatic heterocycles. The molecule has 11 heteroatoms. The molecule has 4 aromatic rings. The zero-order chi connectivity index (χ0) is 27.2. The maximum Gasteiger partial charge on any atom is 0.247 e. The van der Waals surface area contributed by atoms with Gasteiger partial charge in [0.05, 0.1) is 7.11 Å². The lowest BCUT2D eigenvalue weighted by Crippen LogP contribution is -2.46. The molecular weight excluding hydrogens is 498 g/mol. The lowest BCUT2D eigenvalue weighted by atomic mass is 10.0. The predicted molar refractivity (Wildman–Crippen MR) is 141 cm³/mol. The van der Waals surface area contributed by atoms with E-state index < -0.39 is 6.04 Å². The average Bonchev–Trinajstić information content (AvgIpc) is 3.72. The number of methoxy groups -OCH3 is 1. The van der Waals surface area contributed by atoms with E-state index in [0.717, 1.165) is 37.0 Å². The molecule has 1 aromatic carbocycles. The number of carbonyl (C=O) groups excluding carboxylic acids is 2. The summed E-state index contributed by atoms with van der Waals surface area (Å²) in [6.45, 7) is 1.80. The van der Waals surface area contributed by atoms with Crippen molar-refractivity contribution in [2.45, 2.75) is 57.8 Å². The zero-order valence-electron chi connectivity index (χ0n) is 22.0. The number of nitrogens with one attached hydrogen (secondary N) is 1. The Labute approximate surface area is 226 Å². The van der Waals surface area contributed by atoms with Crippen LogP contribution >= 0.6 is 0 Å². The second kappa shape index (κ2) is 11.9. The zero-order valence-corrected chi connectivity index (χ0v) is 22.0. The molecule has 3 heterocycles. The third kappa shape index (κ3) is 6.31. The van der Waals surface area contributed by atoms with E-state index in [2.05, 4.69) is 25.7 Å². The van der Waals surface area contributed by atoms with Crippen LogP contribution in [0.1, 0.15) is 48.6 Å². The molecule has 0 spiro atoms. The van der Waals surface area contributed by atoms with E-state index in [-0.39, 0.29) is 36.8 Å². The largest absolute Gasteiger partial charge is 0.497 e. The summed E-state index contributed by atoms with van der Waals surface area (Å²) >= 11 is 0. The highest BCUT2D eigenvalue weighted by atomic mass is 16.5. The van der Waals surface area contributed by atoms with E-state index in [4.69, 9.17) is 9.15 Å². The number of ether oxygens (including phenoxy) is 1. The van der Waals surface area contributed by atoms with Crippen LogP contribution in [0.4, 0.5) is 0 Å². The van der Waals surface area contributed by atoms with E-state index in [1.165, 1.54) is 4.80 Å². The summed E-state index contributed by atoms with van der Waals surface area (Å²) in [6.07, 6.45) is 7.26. The molecule has 0 radical (unpaired) electrons. The minimum atomic E-state index is -0.876. The fourth-order valence-electron chi connectivity index (χ4n) is 4.80. The molecule has 1 N–H and O–H groups in total. The van der Waals surface area contributed by atoms with E-state index in [1.54, 1.807) is 48.7 Å². The second-order valence-corrected chi connectivity index (χ2v) is 9.60. The lowest BCUT2D eigenvalue weighted by molar-refractivity contribution is -0.142. The van der Waals surface area contributed by atoms with Gasteiger partial charge in [-0.2, -0.15) is 4.80 Å². The summed E-state index contributed by atoms with van der Waals surface area (Å²) in [5.74, 6) is 1.60. The van der Waals surface area contributed by atoms with Crippen molar-refractivity contribution in [3.05, 3.63) is 77.8 Å². The van der Waals surface area contributed by atoms with Crippen molar-refractivity contribution in [2.75, 3.05) is 7.11 Å². The Hall–Kier alpha value is -4.54. The molecule has 1 saturated carbocycles. The first kappa shape index (κ1) is 26.1. The van der Waals surface area contributed by atoms with E-state index in [0.29, 0.717) is 17.1 Å². The highest BCUT2D eigenvalue weighted by molar-refractivity contribution is 5.88. The highest BCUT2D eigenvalue weighted by Crippen LogP contribution is 2.27.